The quantitative estimate of drug-likeness (QED) is 0.452. The van der Waals surface area contributed by atoms with Crippen LogP contribution in [0.25, 0.3) is 10.9 Å². The Bertz CT molecular complexity index is 1030. The van der Waals surface area contributed by atoms with Crippen LogP contribution < -0.4 is 0 Å². The normalized spacial score (nSPS) is 12.2. The molecule has 0 aliphatic rings. The Morgan fingerprint density at radius 3 is 2.35 bits per heavy atom. The van der Waals surface area contributed by atoms with Gasteiger partial charge in [0.15, 0.2) is 5.78 Å². The van der Waals surface area contributed by atoms with Crippen LogP contribution >= 0.6 is 0 Å². The molecule has 0 bridgehead atoms. The molecule has 1 heterocycles. The Kier molecular flexibility index (Phi) is 4.40. The number of aryl methyl sites for hydroxylation is 1. The third kappa shape index (κ3) is 3.18. The molecule has 0 saturated heterocycles. The number of hydrogen-bond acceptors (Lipinski definition) is 1. The number of hydrogen-bond donors (Lipinski definition) is 1. The SMILES string of the molecule is Cc1ccc(C(CC(=O)c2ccccc2)c2c[nH]c3ccccc23)cc1. The van der Waals surface area contributed by atoms with E-state index in [2.05, 4.69) is 48.3 Å². The summed E-state index contributed by atoms with van der Waals surface area (Å²) in [5, 5.41) is 1.18. The van der Waals surface area contributed by atoms with Gasteiger partial charge in [-0.2, -0.15) is 0 Å². The molecule has 0 aliphatic carbocycles. The number of rotatable bonds is 5. The van der Waals surface area contributed by atoms with E-state index < -0.39 is 0 Å². The van der Waals surface area contributed by atoms with Gasteiger partial charge in [0, 0.05) is 35.0 Å². The summed E-state index contributed by atoms with van der Waals surface area (Å²) in [7, 11) is 0. The Morgan fingerprint density at radius 2 is 1.58 bits per heavy atom. The molecule has 26 heavy (non-hydrogen) atoms. The van der Waals surface area contributed by atoms with Gasteiger partial charge in [-0.1, -0.05) is 78.4 Å². The lowest BCUT2D eigenvalue weighted by Gasteiger charge is -2.17. The van der Waals surface area contributed by atoms with Gasteiger partial charge < -0.3 is 4.98 Å². The van der Waals surface area contributed by atoms with Crippen LogP contribution in [0.2, 0.25) is 0 Å². The molecule has 1 N–H and O–H groups in total. The zero-order chi connectivity index (χ0) is 17.9. The molecule has 0 aliphatic heterocycles. The highest BCUT2D eigenvalue weighted by atomic mass is 16.1. The Morgan fingerprint density at radius 1 is 0.885 bits per heavy atom. The standard InChI is InChI=1S/C24H21NO/c1-17-11-13-18(14-12-17)21(15-24(26)19-7-3-2-4-8-19)22-16-25-23-10-6-5-9-20(22)23/h2-14,16,21,25H,15H2,1H3. The van der Waals surface area contributed by atoms with Crippen LogP contribution in [0.15, 0.2) is 85.1 Å². The Hall–Kier alpha value is -3.13. The van der Waals surface area contributed by atoms with E-state index in [1.807, 2.05) is 48.7 Å². The molecule has 3 aromatic carbocycles. The second-order valence-electron chi connectivity index (χ2n) is 6.75. The fraction of sp³-hybridized carbons (Fsp3) is 0.125. The van der Waals surface area contributed by atoms with E-state index in [1.165, 1.54) is 22.1 Å². The molecular weight excluding hydrogens is 318 g/mol. The largest absolute Gasteiger partial charge is 0.361 e. The molecule has 2 heteroatoms. The van der Waals surface area contributed by atoms with Crippen LogP contribution in [0.4, 0.5) is 0 Å². The van der Waals surface area contributed by atoms with Crippen molar-refractivity contribution >= 4 is 16.7 Å². The van der Waals surface area contributed by atoms with E-state index in [0.29, 0.717) is 6.42 Å². The number of fused-ring (bicyclic) bond motifs is 1. The third-order valence-corrected chi connectivity index (χ3v) is 4.96. The van der Waals surface area contributed by atoms with E-state index in [4.69, 9.17) is 0 Å². The van der Waals surface area contributed by atoms with Gasteiger partial charge in [0.05, 0.1) is 0 Å². The van der Waals surface area contributed by atoms with Crippen molar-refractivity contribution in [1.29, 1.82) is 0 Å². The minimum absolute atomic E-state index is 0.0273. The molecule has 1 unspecified atom stereocenters. The van der Waals surface area contributed by atoms with Crippen LogP contribution in [-0.2, 0) is 0 Å². The smallest absolute Gasteiger partial charge is 0.163 e. The predicted octanol–water partition coefficient (Wildman–Crippen LogP) is 5.88. The summed E-state index contributed by atoms with van der Waals surface area (Å²) in [6, 6.07) is 26.3. The monoisotopic (exact) mass is 339 g/mol. The van der Waals surface area contributed by atoms with Gasteiger partial charge >= 0.3 is 0 Å². The number of ketones is 1. The van der Waals surface area contributed by atoms with E-state index in [9.17, 15) is 4.79 Å². The average molecular weight is 339 g/mol. The molecule has 4 rings (SSSR count). The first-order valence-corrected chi connectivity index (χ1v) is 8.93. The van der Waals surface area contributed by atoms with Crippen molar-refractivity contribution in [2.45, 2.75) is 19.3 Å². The highest BCUT2D eigenvalue weighted by Gasteiger charge is 2.22. The highest BCUT2D eigenvalue weighted by Crippen LogP contribution is 2.34. The second kappa shape index (κ2) is 7.01. The fourth-order valence-electron chi connectivity index (χ4n) is 3.52. The summed E-state index contributed by atoms with van der Waals surface area (Å²) in [5.41, 5.74) is 5.44. The van der Waals surface area contributed by atoms with E-state index in [0.717, 1.165) is 11.1 Å². The van der Waals surface area contributed by atoms with Crippen LogP contribution in [0, 0.1) is 6.92 Å². The van der Waals surface area contributed by atoms with Crippen molar-refractivity contribution in [3.8, 4) is 0 Å². The lowest BCUT2D eigenvalue weighted by molar-refractivity contribution is 0.0978. The van der Waals surface area contributed by atoms with Gasteiger partial charge in [-0.15, -0.1) is 0 Å². The molecular formula is C24H21NO. The second-order valence-corrected chi connectivity index (χ2v) is 6.75. The number of carbonyl (C=O) groups excluding carboxylic acids is 1. The first kappa shape index (κ1) is 16.3. The minimum atomic E-state index is 0.0273. The molecule has 0 radical (unpaired) electrons. The first-order valence-electron chi connectivity index (χ1n) is 8.93. The van der Waals surface area contributed by atoms with Crippen LogP contribution in [-0.4, -0.2) is 10.8 Å². The predicted molar refractivity (Wildman–Crippen MR) is 107 cm³/mol. The summed E-state index contributed by atoms with van der Waals surface area (Å²) in [6.45, 7) is 2.08. The summed E-state index contributed by atoms with van der Waals surface area (Å²) in [5.74, 6) is 0.195. The van der Waals surface area contributed by atoms with Crippen molar-refractivity contribution in [2.24, 2.45) is 0 Å². The van der Waals surface area contributed by atoms with E-state index >= 15 is 0 Å². The van der Waals surface area contributed by atoms with Crippen molar-refractivity contribution < 1.29 is 4.79 Å². The average Bonchev–Trinajstić information content (AvgIpc) is 3.11. The van der Waals surface area contributed by atoms with Crippen molar-refractivity contribution in [2.75, 3.05) is 0 Å². The number of nitrogens with one attached hydrogen (secondary N) is 1. The van der Waals surface area contributed by atoms with Gasteiger partial charge in [-0.05, 0) is 24.1 Å². The summed E-state index contributed by atoms with van der Waals surface area (Å²) in [4.78, 5) is 16.3. The van der Waals surface area contributed by atoms with Crippen LogP contribution in [0.5, 0.6) is 0 Å². The zero-order valence-corrected chi connectivity index (χ0v) is 14.8. The topological polar surface area (TPSA) is 32.9 Å². The van der Waals surface area contributed by atoms with Crippen LogP contribution in [0.3, 0.4) is 0 Å². The number of aromatic amines is 1. The molecule has 1 aromatic heterocycles. The maximum absolute atomic E-state index is 12.9. The molecule has 4 aromatic rings. The Balaban J connectivity index is 1.77. The van der Waals surface area contributed by atoms with Gasteiger partial charge in [0.2, 0.25) is 0 Å². The Labute approximate surface area is 153 Å². The third-order valence-electron chi connectivity index (χ3n) is 4.96. The highest BCUT2D eigenvalue weighted by molar-refractivity contribution is 5.97. The maximum Gasteiger partial charge on any atom is 0.163 e. The maximum atomic E-state index is 12.9. The molecule has 0 saturated carbocycles. The first-order chi connectivity index (χ1) is 12.7. The molecule has 0 spiro atoms. The number of carbonyl (C=O) groups is 1. The molecule has 0 amide bonds. The lowest BCUT2D eigenvalue weighted by Crippen LogP contribution is -2.09. The van der Waals surface area contributed by atoms with Crippen molar-refractivity contribution in [3.63, 3.8) is 0 Å². The van der Waals surface area contributed by atoms with Crippen molar-refractivity contribution in [1.82, 2.24) is 4.98 Å². The number of Topliss-reactive ketones (excluding diaryl/α,β-unsaturated/α-hetero) is 1. The molecule has 0 fully saturated rings. The van der Waals surface area contributed by atoms with Gasteiger partial charge in [-0.25, -0.2) is 0 Å². The van der Waals surface area contributed by atoms with Gasteiger partial charge in [-0.3, -0.25) is 4.79 Å². The van der Waals surface area contributed by atoms with E-state index in [-0.39, 0.29) is 11.7 Å². The fourth-order valence-corrected chi connectivity index (χ4v) is 3.52. The van der Waals surface area contributed by atoms with Gasteiger partial charge in [0.25, 0.3) is 0 Å². The summed E-state index contributed by atoms with van der Waals surface area (Å²) in [6.07, 6.45) is 2.50. The van der Waals surface area contributed by atoms with E-state index in [1.54, 1.807) is 0 Å². The minimum Gasteiger partial charge on any atom is -0.361 e. The summed E-state index contributed by atoms with van der Waals surface area (Å²) < 4.78 is 0. The number of benzene rings is 3. The molecule has 1 atom stereocenters. The van der Waals surface area contributed by atoms with Crippen molar-refractivity contribution in [3.05, 3.63) is 107 Å². The van der Waals surface area contributed by atoms with Gasteiger partial charge in [0.1, 0.15) is 0 Å². The number of aromatic nitrogens is 1. The zero-order valence-electron chi connectivity index (χ0n) is 14.8. The van der Waals surface area contributed by atoms with Crippen LogP contribution in [0.1, 0.15) is 39.4 Å². The summed E-state index contributed by atoms with van der Waals surface area (Å²) >= 11 is 0. The molecule has 2 nitrogen and oxygen atoms in total. The molecule has 128 valence electrons. The lowest BCUT2D eigenvalue weighted by atomic mass is 9.85. The number of H-pyrrole nitrogens is 1. The number of para-hydroxylation sites is 1.